The third-order valence-corrected chi connectivity index (χ3v) is 4.39. The molecule has 2 aliphatic rings. The molecule has 4 heteroatoms. The smallest absolute Gasteiger partial charge is 0.334 e. The Hall–Kier alpha value is -1.71. The van der Waals surface area contributed by atoms with E-state index in [1.807, 2.05) is 13.8 Å². The molecule has 0 radical (unpaired) electrons. The van der Waals surface area contributed by atoms with Crippen molar-refractivity contribution in [3.05, 3.63) is 24.3 Å². The summed E-state index contributed by atoms with van der Waals surface area (Å²) in [6, 6.07) is 0. The fraction of sp³-hybridized carbons (Fsp3) is 0.533. The van der Waals surface area contributed by atoms with Crippen LogP contribution in [-0.4, -0.2) is 24.1 Å². The number of esters is 1. The lowest BCUT2D eigenvalue weighted by Gasteiger charge is -2.28. The number of ketones is 1. The predicted octanol–water partition coefficient (Wildman–Crippen LogP) is 1.70. The van der Waals surface area contributed by atoms with Crippen LogP contribution < -0.4 is 0 Å². The molecule has 0 aromatic heterocycles. The van der Waals surface area contributed by atoms with E-state index >= 15 is 0 Å². The molecule has 102 valence electrons. The number of rotatable bonds is 3. The molecule has 5 atom stereocenters. The van der Waals surface area contributed by atoms with Crippen LogP contribution in [0.15, 0.2) is 24.3 Å². The highest BCUT2D eigenvalue weighted by Crippen LogP contribution is 2.45. The van der Waals surface area contributed by atoms with Gasteiger partial charge in [0, 0.05) is 23.8 Å². The van der Waals surface area contributed by atoms with Gasteiger partial charge in [-0.25, -0.2) is 4.79 Å². The predicted molar refractivity (Wildman–Crippen MR) is 69.2 cm³/mol. The van der Waals surface area contributed by atoms with Crippen molar-refractivity contribution in [2.24, 2.45) is 23.7 Å². The molecule has 2 fully saturated rings. The first kappa shape index (κ1) is 13.7. The second-order valence-corrected chi connectivity index (χ2v) is 5.55. The maximum absolute atomic E-state index is 11.9. The van der Waals surface area contributed by atoms with Gasteiger partial charge in [-0.2, -0.15) is 0 Å². The van der Waals surface area contributed by atoms with Gasteiger partial charge in [0.05, 0.1) is 5.92 Å². The highest BCUT2D eigenvalue weighted by atomic mass is 16.6. The lowest BCUT2D eigenvalue weighted by atomic mass is 9.77. The van der Waals surface area contributed by atoms with Crippen LogP contribution in [0.25, 0.3) is 0 Å². The van der Waals surface area contributed by atoms with E-state index in [1.54, 1.807) is 0 Å². The summed E-state index contributed by atoms with van der Waals surface area (Å²) < 4.78 is 5.30. The minimum Gasteiger partial charge on any atom is -0.458 e. The van der Waals surface area contributed by atoms with Crippen molar-refractivity contribution < 1.29 is 19.1 Å². The Morgan fingerprint density at radius 3 is 2.58 bits per heavy atom. The lowest BCUT2D eigenvalue weighted by molar-refractivity contribution is -0.143. The second-order valence-electron chi connectivity index (χ2n) is 5.55. The summed E-state index contributed by atoms with van der Waals surface area (Å²) in [4.78, 5) is 34.7. The summed E-state index contributed by atoms with van der Waals surface area (Å²) in [5.41, 5.74) is 1.08. The molecule has 0 unspecified atom stereocenters. The number of carbonyl (C=O) groups excluding carboxylic acids is 3. The number of allylic oxidation sites excluding steroid dienone is 1. The van der Waals surface area contributed by atoms with Crippen molar-refractivity contribution in [3.63, 3.8) is 0 Å². The van der Waals surface area contributed by atoms with Crippen LogP contribution in [0.3, 0.4) is 0 Å². The Balaban J connectivity index is 2.35. The van der Waals surface area contributed by atoms with E-state index < -0.39 is 18.0 Å². The monoisotopic (exact) mass is 262 g/mol. The van der Waals surface area contributed by atoms with E-state index in [0.29, 0.717) is 12.7 Å². The zero-order valence-corrected chi connectivity index (χ0v) is 11.2. The summed E-state index contributed by atoms with van der Waals surface area (Å²) in [6.07, 6.45) is 0.525. The van der Waals surface area contributed by atoms with Crippen molar-refractivity contribution in [1.29, 1.82) is 0 Å². The van der Waals surface area contributed by atoms with Crippen LogP contribution in [0.2, 0.25) is 0 Å². The molecule has 0 amide bonds. The Kier molecular flexibility index (Phi) is 3.43. The first-order chi connectivity index (χ1) is 8.88. The van der Waals surface area contributed by atoms with E-state index in [4.69, 9.17) is 4.74 Å². The quantitative estimate of drug-likeness (QED) is 0.336. The fourth-order valence-electron chi connectivity index (χ4n) is 3.20. The molecule has 19 heavy (non-hydrogen) atoms. The van der Waals surface area contributed by atoms with E-state index in [0.717, 1.165) is 5.57 Å². The van der Waals surface area contributed by atoms with E-state index in [2.05, 4.69) is 13.2 Å². The molecular weight excluding hydrogens is 244 g/mol. The number of hydrogen-bond acceptors (Lipinski definition) is 4. The molecular formula is C15H18O4. The van der Waals surface area contributed by atoms with Crippen molar-refractivity contribution in [2.45, 2.75) is 26.4 Å². The summed E-state index contributed by atoms with van der Waals surface area (Å²) >= 11 is 0. The van der Waals surface area contributed by atoms with Gasteiger partial charge in [-0.1, -0.05) is 25.7 Å². The SMILES string of the molecule is C=C1C(=O)O[C@@H]([C@H]2[C@@H](C(=C)C)CC(=O)[C@@H]2C)[C@@H]1C=O. The fourth-order valence-corrected chi connectivity index (χ4v) is 3.20. The van der Waals surface area contributed by atoms with Gasteiger partial charge >= 0.3 is 5.97 Å². The Morgan fingerprint density at radius 1 is 1.42 bits per heavy atom. The summed E-state index contributed by atoms with van der Waals surface area (Å²) in [5.74, 6) is -1.48. The van der Waals surface area contributed by atoms with E-state index in [-0.39, 0.29) is 29.1 Å². The second kappa shape index (κ2) is 4.76. The van der Waals surface area contributed by atoms with E-state index in [9.17, 15) is 14.4 Å². The van der Waals surface area contributed by atoms with Gasteiger partial charge in [-0.15, -0.1) is 0 Å². The van der Waals surface area contributed by atoms with Crippen molar-refractivity contribution in [2.75, 3.05) is 0 Å². The van der Waals surface area contributed by atoms with Crippen LogP contribution in [0.5, 0.6) is 0 Å². The van der Waals surface area contributed by atoms with Crippen LogP contribution in [0.4, 0.5) is 0 Å². The van der Waals surface area contributed by atoms with Gasteiger partial charge in [0.2, 0.25) is 0 Å². The van der Waals surface area contributed by atoms with Gasteiger partial charge in [0.1, 0.15) is 18.2 Å². The molecule has 1 saturated carbocycles. The Morgan fingerprint density at radius 2 is 2.05 bits per heavy atom. The van der Waals surface area contributed by atoms with Gasteiger partial charge in [-0.3, -0.25) is 4.79 Å². The molecule has 1 heterocycles. The van der Waals surface area contributed by atoms with Gasteiger partial charge < -0.3 is 9.53 Å². The zero-order valence-electron chi connectivity index (χ0n) is 11.2. The first-order valence-electron chi connectivity index (χ1n) is 6.41. The summed E-state index contributed by atoms with van der Waals surface area (Å²) in [5, 5.41) is 0. The largest absolute Gasteiger partial charge is 0.458 e. The van der Waals surface area contributed by atoms with Crippen LogP contribution in [0, 0.1) is 23.7 Å². The molecule has 0 N–H and O–H groups in total. The maximum Gasteiger partial charge on any atom is 0.334 e. The minimum absolute atomic E-state index is 0.0337. The third kappa shape index (κ3) is 2.05. The number of aldehydes is 1. The highest BCUT2D eigenvalue weighted by Gasteiger charge is 2.52. The molecule has 2 rings (SSSR count). The molecule has 0 bridgehead atoms. The number of carbonyl (C=O) groups is 3. The van der Waals surface area contributed by atoms with Gasteiger partial charge in [-0.05, 0) is 12.8 Å². The standard InChI is InChI=1S/C15H18O4/c1-7(2)10-5-12(17)9(4)13(10)14-11(6-16)8(3)15(18)19-14/h6,9-11,13-14H,1,3,5H2,2,4H3/t9-,10+,11+,13+,14+/m0/s1. The van der Waals surface area contributed by atoms with Gasteiger partial charge in [0.25, 0.3) is 0 Å². The third-order valence-electron chi connectivity index (χ3n) is 4.39. The maximum atomic E-state index is 11.9. The summed E-state index contributed by atoms with van der Waals surface area (Å²) in [6.45, 7) is 11.2. The lowest BCUT2D eigenvalue weighted by Crippen LogP contribution is -2.34. The van der Waals surface area contributed by atoms with Crippen LogP contribution >= 0.6 is 0 Å². The molecule has 1 aliphatic carbocycles. The molecule has 0 spiro atoms. The molecule has 4 nitrogen and oxygen atoms in total. The van der Waals surface area contributed by atoms with E-state index in [1.165, 1.54) is 0 Å². The van der Waals surface area contributed by atoms with Crippen molar-refractivity contribution >= 4 is 18.0 Å². The molecule has 0 aromatic rings. The van der Waals surface area contributed by atoms with Crippen molar-refractivity contribution in [3.8, 4) is 0 Å². The topological polar surface area (TPSA) is 60.4 Å². The average Bonchev–Trinajstić information content (AvgIpc) is 2.79. The Bertz CT molecular complexity index is 477. The van der Waals surface area contributed by atoms with Crippen molar-refractivity contribution in [1.82, 2.24) is 0 Å². The molecule has 1 saturated heterocycles. The average molecular weight is 262 g/mol. The molecule has 1 aliphatic heterocycles. The van der Waals surface area contributed by atoms with Crippen LogP contribution in [-0.2, 0) is 19.1 Å². The minimum atomic E-state index is -0.646. The number of ether oxygens (including phenoxy) is 1. The van der Waals surface area contributed by atoms with Gasteiger partial charge in [0.15, 0.2) is 0 Å². The highest BCUT2D eigenvalue weighted by molar-refractivity contribution is 5.95. The Labute approximate surface area is 112 Å². The summed E-state index contributed by atoms with van der Waals surface area (Å²) in [7, 11) is 0. The number of hydrogen-bond donors (Lipinski definition) is 0. The van der Waals surface area contributed by atoms with Crippen LogP contribution in [0.1, 0.15) is 20.3 Å². The number of Topliss-reactive ketones (excluding diaryl/α,β-unsaturated/α-hetero) is 1. The molecule has 0 aromatic carbocycles. The first-order valence-corrected chi connectivity index (χ1v) is 6.41. The zero-order chi connectivity index (χ0) is 14.3. The normalized spacial score (nSPS) is 38.4. The number of cyclic esters (lactones) is 1.